The predicted molar refractivity (Wildman–Crippen MR) is 64.6 cm³/mol. The van der Waals surface area contributed by atoms with Crippen LogP contribution in [-0.4, -0.2) is 30.1 Å². The van der Waals surface area contributed by atoms with E-state index in [1.165, 1.54) is 0 Å². The average Bonchev–Trinajstić information content (AvgIpc) is 2.76. The van der Waals surface area contributed by atoms with Crippen LogP contribution >= 0.6 is 11.3 Å². The lowest BCUT2D eigenvalue weighted by molar-refractivity contribution is -0.127. The molecule has 0 aliphatic heterocycles. The SMILES string of the molecule is CC(C)OCC(=O)NCC(C)c1nccs1. The maximum atomic E-state index is 11.4. The summed E-state index contributed by atoms with van der Waals surface area (Å²) in [4.78, 5) is 15.6. The van der Waals surface area contributed by atoms with Gasteiger partial charge >= 0.3 is 0 Å². The van der Waals surface area contributed by atoms with E-state index in [2.05, 4.69) is 10.3 Å². The van der Waals surface area contributed by atoms with E-state index in [1.54, 1.807) is 17.5 Å². The monoisotopic (exact) mass is 242 g/mol. The number of nitrogens with one attached hydrogen (secondary N) is 1. The molecule has 1 amide bonds. The van der Waals surface area contributed by atoms with Crippen molar-refractivity contribution in [2.45, 2.75) is 32.8 Å². The average molecular weight is 242 g/mol. The Kier molecular flexibility index (Phi) is 5.42. The lowest BCUT2D eigenvalue weighted by atomic mass is 10.2. The Labute approximate surface area is 100 Å². The molecule has 1 unspecified atom stereocenters. The second kappa shape index (κ2) is 6.60. The van der Waals surface area contributed by atoms with E-state index < -0.39 is 0 Å². The first kappa shape index (κ1) is 13.1. The molecule has 0 aliphatic carbocycles. The van der Waals surface area contributed by atoms with E-state index >= 15 is 0 Å². The highest BCUT2D eigenvalue weighted by molar-refractivity contribution is 7.09. The van der Waals surface area contributed by atoms with Gasteiger partial charge in [-0.1, -0.05) is 6.92 Å². The van der Waals surface area contributed by atoms with Crippen molar-refractivity contribution in [3.8, 4) is 0 Å². The van der Waals surface area contributed by atoms with Crippen LogP contribution in [0.5, 0.6) is 0 Å². The first-order valence-corrected chi connectivity index (χ1v) is 6.25. The fourth-order valence-corrected chi connectivity index (χ4v) is 1.82. The third-order valence-corrected chi connectivity index (χ3v) is 3.03. The summed E-state index contributed by atoms with van der Waals surface area (Å²) in [5, 5.41) is 5.82. The van der Waals surface area contributed by atoms with Crippen molar-refractivity contribution < 1.29 is 9.53 Å². The van der Waals surface area contributed by atoms with Crippen LogP contribution in [0.4, 0.5) is 0 Å². The molecule has 1 rings (SSSR count). The van der Waals surface area contributed by atoms with Crippen LogP contribution in [0, 0.1) is 0 Å². The van der Waals surface area contributed by atoms with E-state index in [4.69, 9.17) is 4.74 Å². The molecule has 1 heterocycles. The van der Waals surface area contributed by atoms with Crippen LogP contribution in [-0.2, 0) is 9.53 Å². The molecule has 5 heteroatoms. The lowest BCUT2D eigenvalue weighted by Gasteiger charge is -2.11. The van der Waals surface area contributed by atoms with Crippen molar-refractivity contribution in [1.29, 1.82) is 0 Å². The Morgan fingerprint density at radius 2 is 2.31 bits per heavy atom. The first-order valence-electron chi connectivity index (χ1n) is 5.37. The van der Waals surface area contributed by atoms with Gasteiger partial charge in [-0.2, -0.15) is 0 Å². The summed E-state index contributed by atoms with van der Waals surface area (Å²) in [5.41, 5.74) is 0. The molecule has 1 N–H and O–H groups in total. The minimum atomic E-state index is -0.0721. The zero-order chi connectivity index (χ0) is 12.0. The molecule has 0 saturated carbocycles. The van der Waals surface area contributed by atoms with Crippen molar-refractivity contribution in [1.82, 2.24) is 10.3 Å². The number of hydrogen-bond acceptors (Lipinski definition) is 4. The van der Waals surface area contributed by atoms with Gasteiger partial charge in [-0.25, -0.2) is 4.98 Å². The van der Waals surface area contributed by atoms with Crippen LogP contribution in [0.15, 0.2) is 11.6 Å². The molecule has 1 atom stereocenters. The largest absolute Gasteiger partial charge is 0.369 e. The Hall–Kier alpha value is -0.940. The Morgan fingerprint density at radius 1 is 1.56 bits per heavy atom. The number of hydrogen-bond donors (Lipinski definition) is 1. The van der Waals surface area contributed by atoms with Gasteiger partial charge in [0, 0.05) is 24.0 Å². The lowest BCUT2D eigenvalue weighted by Crippen LogP contribution is -2.31. The van der Waals surface area contributed by atoms with Crippen LogP contribution in [0.2, 0.25) is 0 Å². The van der Waals surface area contributed by atoms with E-state index in [0.717, 1.165) is 5.01 Å². The Balaban J connectivity index is 2.21. The van der Waals surface area contributed by atoms with Crippen molar-refractivity contribution in [2.75, 3.05) is 13.2 Å². The molecule has 0 aliphatic rings. The maximum absolute atomic E-state index is 11.4. The number of rotatable bonds is 6. The first-order chi connectivity index (χ1) is 7.59. The van der Waals surface area contributed by atoms with Gasteiger partial charge in [-0.05, 0) is 13.8 Å². The van der Waals surface area contributed by atoms with Crippen LogP contribution in [0.1, 0.15) is 31.7 Å². The third kappa shape index (κ3) is 4.72. The minimum Gasteiger partial charge on any atom is -0.369 e. The molecular weight excluding hydrogens is 224 g/mol. The topological polar surface area (TPSA) is 51.2 Å². The van der Waals surface area contributed by atoms with E-state index in [1.807, 2.05) is 26.2 Å². The summed E-state index contributed by atoms with van der Waals surface area (Å²) in [6.45, 7) is 6.59. The van der Waals surface area contributed by atoms with Crippen LogP contribution in [0.25, 0.3) is 0 Å². The molecule has 0 spiro atoms. The van der Waals surface area contributed by atoms with Gasteiger partial charge in [0.2, 0.25) is 5.91 Å². The molecule has 1 aromatic heterocycles. The van der Waals surface area contributed by atoms with Gasteiger partial charge in [0.1, 0.15) is 6.61 Å². The number of thiazole rings is 1. The zero-order valence-corrected chi connectivity index (χ0v) is 10.7. The number of carbonyl (C=O) groups excluding carboxylic acids is 1. The smallest absolute Gasteiger partial charge is 0.246 e. The standard InChI is InChI=1S/C11H18N2O2S/c1-8(2)15-7-10(14)13-6-9(3)11-12-4-5-16-11/h4-5,8-9H,6-7H2,1-3H3,(H,13,14). The highest BCUT2D eigenvalue weighted by Crippen LogP contribution is 2.16. The zero-order valence-electron chi connectivity index (χ0n) is 9.90. The highest BCUT2D eigenvalue weighted by atomic mass is 32.1. The molecule has 0 radical (unpaired) electrons. The number of aromatic nitrogens is 1. The van der Waals surface area contributed by atoms with Gasteiger partial charge in [-0.3, -0.25) is 4.79 Å². The number of ether oxygens (including phenoxy) is 1. The van der Waals surface area contributed by atoms with Crippen molar-refractivity contribution in [3.63, 3.8) is 0 Å². The summed E-state index contributed by atoms with van der Waals surface area (Å²) < 4.78 is 5.20. The van der Waals surface area contributed by atoms with E-state index in [-0.39, 0.29) is 24.5 Å². The third-order valence-electron chi connectivity index (χ3n) is 2.03. The summed E-state index contributed by atoms with van der Waals surface area (Å²) in [7, 11) is 0. The van der Waals surface area contributed by atoms with Crippen molar-refractivity contribution >= 4 is 17.2 Å². The van der Waals surface area contributed by atoms with Crippen molar-refractivity contribution in [3.05, 3.63) is 16.6 Å². The Bertz CT molecular complexity index is 312. The number of nitrogens with zero attached hydrogens (tertiary/aromatic N) is 1. The summed E-state index contributed by atoms with van der Waals surface area (Å²) in [6, 6.07) is 0. The fraction of sp³-hybridized carbons (Fsp3) is 0.636. The molecular formula is C11H18N2O2S. The summed E-state index contributed by atoms with van der Waals surface area (Å²) in [6.07, 6.45) is 1.86. The van der Waals surface area contributed by atoms with Crippen LogP contribution in [0.3, 0.4) is 0 Å². The quantitative estimate of drug-likeness (QED) is 0.827. The molecule has 0 fully saturated rings. The molecule has 4 nitrogen and oxygen atoms in total. The van der Waals surface area contributed by atoms with Gasteiger partial charge in [0.25, 0.3) is 0 Å². The minimum absolute atomic E-state index is 0.0721. The number of carbonyl (C=O) groups is 1. The van der Waals surface area contributed by atoms with Crippen LogP contribution < -0.4 is 5.32 Å². The normalized spacial score (nSPS) is 12.8. The van der Waals surface area contributed by atoms with E-state index in [9.17, 15) is 4.79 Å². The van der Waals surface area contributed by atoms with Gasteiger partial charge in [0.05, 0.1) is 11.1 Å². The van der Waals surface area contributed by atoms with Gasteiger partial charge < -0.3 is 10.1 Å². The summed E-state index contributed by atoms with van der Waals surface area (Å²) in [5.74, 6) is 0.181. The second-order valence-corrected chi connectivity index (χ2v) is 4.86. The molecule has 1 aromatic rings. The van der Waals surface area contributed by atoms with E-state index in [0.29, 0.717) is 6.54 Å². The van der Waals surface area contributed by atoms with Gasteiger partial charge in [-0.15, -0.1) is 11.3 Å². The Morgan fingerprint density at radius 3 is 2.88 bits per heavy atom. The molecule has 0 aromatic carbocycles. The maximum Gasteiger partial charge on any atom is 0.246 e. The number of amides is 1. The highest BCUT2D eigenvalue weighted by Gasteiger charge is 2.10. The van der Waals surface area contributed by atoms with Gasteiger partial charge in [0.15, 0.2) is 0 Å². The predicted octanol–water partition coefficient (Wildman–Crippen LogP) is 1.79. The van der Waals surface area contributed by atoms with Crippen molar-refractivity contribution in [2.24, 2.45) is 0 Å². The fourth-order valence-electron chi connectivity index (χ4n) is 1.13. The summed E-state index contributed by atoms with van der Waals surface area (Å²) >= 11 is 1.61. The molecule has 90 valence electrons. The molecule has 0 saturated heterocycles. The molecule has 0 bridgehead atoms. The molecule has 16 heavy (non-hydrogen) atoms. The second-order valence-electron chi connectivity index (χ2n) is 3.94.